The monoisotopic (exact) mass is 220 g/mol. The summed E-state index contributed by atoms with van der Waals surface area (Å²) in [4.78, 5) is 9.51. The van der Waals surface area contributed by atoms with E-state index in [1.165, 1.54) is 6.42 Å². The van der Waals surface area contributed by atoms with Crippen molar-refractivity contribution in [2.45, 2.75) is 58.0 Å². The molecule has 1 saturated carbocycles. The first-order chi connectivity index (χ1) is 6.54. The topological polar surface area (TPSA) is 46.5 Å². The molecule has 0 aromatic rings. The lowest BCUT2D eigenvalue weighted by molar-refractivity contribution is 0.0169. The summed E-state index contributed by atoms with van der Waals surface area (Å²) in [6, 6.07) is 0. The molecule has 14 heavy (non-hydrogen) atoms. The maximum absolute atomic E-state index is 11.5. The summed E-state index contributed by atoms with van der Waals surface area (Å²) in [6.07, 6.45) is 6.41. The molecule has 84 valence electrons. The minimum absolute atomic E-state index is 0.217. The molecule has 0 radical (unpaired) electrons. The normalized spacial score (nSPS) is 25.6. The highest BCUT2D eigenvalue weighted by Crippen LogP contribution is 2.50. The summed E-state index contributed by atoms with van der Waals surface area (Å²) in [5, 5.41) is 0. The molecule has 0 heterocycles. The predicted molar refractivity (Wildman–Crippen MR) is 57.6 cm³/mol. The Morgan fingerprint density at radius 1 is 1.29 bits per heavy atom. The molecule has 0 spiro atoms. The van der Waals surface area contributed by atoms with Crippen molar-refractivity contribution in [2.75, 3.05) is 6.16 Å². The Bertz CT molecular complexity index is 221. The van der Waals surface area contributed by atoms with E-state index < -0.39 is 7.60 Å². The van der Waals surface area contributed by atoms with E-state index in [9.17, 15) is 9.46 Å². The fraction of sp³-hybridized carbons (Fsp3) is 1.00. The maximum atomic E-state index is 11.5. The van der Waals surface area contributed by atoms with Gasteiger partial charge in [0.15, 0.2) is 0 Å². The molecule has 0 aromatic heterocycles. The number of hydrogen-bond acceptors (Lipinski definition) is 2. The third-order valence-corrected chi connectivity index (χ3v) is 4.62. The van der Waals surface area contributed by atoms with Gasteiger partial charge in [-0.25, -0.2) is 0 Å². The summed E-state index contributed by atoms with van der Waals surface area (Å²) in [5.74, 6) is 0. The Morgan fingerprint density at radius 2 is 1.86 bits per heavy atom. The highest BCUT2D eigenvalue weighted by molar-refractivity contribution is 7.52. The molecule has 0 bridgehead atoms. The molecule has 0 aliphatic heterocycles. The molecular formula is C10H21O3P. The maximum Gasteiger partial charge on any atom is 0.328 e. The van der Waals surface area contributed by atoms with Crippen LogP contribution in [0.4, 0.5) is 0 Å². The van der Waals surface area contributed by atoms with Crippen LogP contribution in [-0.4, -0.2) is 16.7 Å². The quantitative estimate of drug-likeness (QED) is 0.739. The Kier molecular flexibility index (Phi) is 4.17. The van der Waals surface area contributed by atoms with E-state index in [4.69, 9.17) is 4.52 Å². The smallest absolute Gasteiger partial charge is 0.324 e. The fourth-order valence-electron chi connectivity index (χ4n) is 2.07. The molecule has 1 fully saturated rings. The summed E-state index contributed by atoms with van der Waals surface area (Å²) in [5.41, 5.74) is -0.307. The Morgan fingerprint density at radius 3 is 2.29 bits per heavy atom. The van der Waals surface area contributed by atoms with Crippen LogP contribution in [0.5, 0.6) is 0 Å². The summed E-state index contributed by atoms with van der Waals surface area (Å²) in [6.45, 7) is 3.74. The van der Waals surface area contributed by atoms with Crippen molar-refractivity contribution in [1.29, 1.82) is 0 Å². The van der Waals surface area contributed by atoms with E-state index in [0.717, 1.165) is 32.1 Å². The van der Waals surface area contributed by atoms with Crippen LogP contribution in [0.15, 0.2) is 0 Å². The van der Waals surface area contributed by atoms with Crippen LogP contribution in [0, 0.1) is 0 Å². The van der Waals surface area contributed by atoms with Crippen molar-refractivity contribution in [1.82, 2.24) is 0 Å². The van der Waals surface area contributed by atoms with Gasteiger partial charge < -0.3 is 9.42 Å². The Hall–Kier alpha value is 0.150. The predicted octanol–water partition coefficient (Wildman–Crippen LogP) is 3.32. The molecule has 0 aromatic carbocycles. The number of hydrogen-bond donors (Lipinski definition) is 1. The van der Waals surface area contributed by atoms with Crippen LogP contribution in [0.1, 0.15) is 52.4 Å². The second-order valence-corrected chi connectivity index (χ2v) is 6.23. The van der Waals surface area contributed by atoms with Crippen LogP contribution >= 0.6 is 7.60 Å². The van der Waals surface area contributed by atoms with Gasteiger partial charge >= 0.3 is 7.60 Å². The van der Waals surface area contributed by atoms with Crippen molar-refractivity contribution >= 4 is 7.60 Å². The minimum Gasteiger partial charge on any atom is -0.324 e. The van der Waals surface area contributed by atoms with Crippen molar-refractivity contribution in [3.8, 4) is 0 Å². The van der Waals surface area contributed by atoms with Gasteiger partial charge in [0.2, 0.25) is 0 Å². The molecule has 1 rings (SSSR count). The molecule has 3 nitrogen and oxygen atoms in total. The Balaban J connectivity index is 2.65. The minimum atomic E-state index is -3.32. The van der Waals surface area contributed by atoms with Crippen molar-refractivity contribution in [3.63, 3.8) is 0 Å². The van der Waals surface area contributed by atoms with Gasteiger partial charge in [0, 0.05) is 6.16 Å². The lowest BCUT2D eigenvalue weighted by atomic mass is 9.83. The molecule has 1 N–H and O–H groups in total. The van der Waals surface area contributed by atoms with Gasteiger partial charge in [-0.3, -0.25) is 4.57 Å². The lowest BCUT2D eigenvalue weighted by Gasteiger charge is -2.37. The summed E-state index contributed by atoms with van der Waals surface area (Å²) < 4.78 is 17.0. The molecule has 1 aliphatic rings. The first kappa shape index (κ1) is 12.2. The second kappa shape index (κ2) is 4.78. The van der Waals surface area contributed by atoms with E-state index in [-0.39, 0.29) is 11.8 Å². The van der Waals surface area contributed by atoms with Crippen LogP contribution < -0.4 is 0 Å². The van der Waals surface area contributed by atoms with E-state index in [2.05, 4.69) is 0 Å². The van der Waals surface area contributed by atoms with Gasteiger partial charge in [-0.2, -0.15) is 0 Å². The van der Waals surface area contributed by atoms with Gasteiger partial charge in [-0.1, -0.05) is 33.1 Å². The number of rotatable bonds is 4. The van der Waals surface area contributed by atoms with Gasteiger partial charge in [-0.15, -0.1) is 0 Å². The third kappa shape index (κ3) is 3.08. The SMILES string of the molecule is CCC1(OP(=O)(O)CC)CCCCC1. The average Bonchev–Trinajstić information content (AvgIpc) is 2.19. The van der Waals surface area contributed by atoms with Gasteiger partial charge in [-0.05, 0) is 19.3 Å². The zero-order valence-electron chi connectivity index (χ0n) is 9.16. The standard InChI is InChI=1S/C10H21O3P/c1-3-10(8-6-5-7-9-10)13-14(11,12)4-2/h3-9H2,1-2H3,(H,11,12). The molecule has 4 heteroatoms. The first-order valence-corrected chi connectivity index (χ1v) is 7.32. The molecule has 1 unspecified atom stereocenters. The molecule has 0 saturated heterocycles. The van der Waals surface area contributed by atoms with Crippen LogP contribution in [0.2, 0.25) is 0 Å². The summed E-state index contributed by atoms with van der Waals surface area (Å²) >= 11 is 0. The highest BCUT2D eigenvalue weighted by atomic mass is 31.2. The van der Waals surface area contributed by atoms with E-state index >= 15 is 0 Å². The van der Waals surface area contributed by atoms with Crippen molar-refractivity contribution < 1.29 is 14.0 Å². The van der Waals surface area contributed by atoms with E-state index in [1.807, 2.05) is 6.92 Å². The molecule has 1 aliphatic carbocycles. The summed E-state index contributed by atoms with van der Waals surface area (Å²) in [7, 11) is -3.32. The van der Waals surface area contributed by atoms with Gasteiger partial charge in [0.05, 0.1) is 5.60 Å². The van der Waals surface area contributed by atoms with Gasteiger partial charge in [0.25, 0.3) is 0 Å². The molecular weight excluding hydrogens is 199 g/mol. The third-order valence-electron chi connectivity index (χ3n) is 3.15. The first-order valence-electron chi connectivity index (χ1n) is 5.56. The molecule has 0 amide bonds. The Labute approximate surface area is 86.4 Å². The zero-order valence-corrected chi connectivity index (χ0v) is 10.1. The highest BCUT2D eigenvalue weighted by Gasteiger charge is 2.37. The van der Waals surface area contributed by atoms with Crippen LogP contribution in [-0.2, 0) is 9.09 Å². The lowest BCUT2D eigenvalue weighted by Crippen LogP contribution is -2.33. The van der Waals surface area contributed by atoms with Crippen molar-refractivity contribution in [3.05, 3.63) is 0 Å². The fourth-order valence-corrected chi connectivity index (χ4v) is 3.12. The van der Waals surface area contributed by atoms with Gasteiger partial charge in [0.1, 0.15) is 0 Å². The zero-order chi connectivity index (χ0) is 10.7. The van der Waals surface area contributed by atoms with Crippen LogP contribution in [0.3, 0.4) is 0 Å². The van der Waals surface area contributed by atoms with Crippen LogP contribution in [0.25, 0.3) is 0 Å². The van der Waals surface area contributed by atoms with E-state index in [1.54, 1.807) is 6.92 Å². The average molecular weight is 220 g/mol. The van der Waals surface area contributed by atoms with E-state index in [0.29, 0.717) is 0 Å². The largest absolute Gasteiger partial charge is 0.328 e. The second-order valence-electron chi connectivity index (χ2n) is 4.14. The van der Waals surface area contributed by atoms with Crippen molar-refractivity contribution in [2.24, 2.45) is 0 Å². The molecule has 1 atom stereocenters.